The fourth-order valence-electron chi connectivity index (χ4n) is 2.06. The molecule has 5 nitrogen and oxygen atoms in total. The second-order valence-corrected chi connectivity index (χ2v) is 4.74. The van der Waals surface area contributed by atoms with E-state index in [4.69, 9.17) is 15.0 Å². The van der Waals surface area contributed by atoms with Gasteiger partial charge in [-0.05, 0) is 24.5 Å². The molecule has 1 heterocycles. The highest BCUT2D eigenvalue weighted by Crippen LogP contribution is 2.46. The van der Waals surface area contributed by atoms with Crippen LogP contribution >= 0.6 is 0 Å². The third-order valence-electron chi connectivity index (χ3n) is 3.34. The molecule has 3 rings (SSSR count). The maximum Gasteiger partial charge on any atom is 0.261 e. The molecule has 1 aliphatic carbocycles. The van der Waals surface area contributed by atoms with Gasteiger partial charge in [0.2, 0.25) is 0 Å². The summed E-state index contributed by atoms with van der Waals surface area (Å²) in [6, 6.07) is 5.38. The maximum atomic E-state index is 5.72. The highest BCUT2D eigenvalue weighted by molar-refractivity contribution is 5.66. The highest BCUT2D eigenvalue weighted by Gasteiger charge is 2.38. The summed E-state index contributed by atoms with van der Waals surface area (Å²) < 4.78 is 10.6. The molecule has 0 spiro atoms. The number of hydrogen-bond acceptors (Lipinski definition) is 5. The number of rotatable bonds is 3. The average Bonchev–Trinajstić information content (AvgIpc) is 2.91. The van der Waals surface area contributed by atoms with Crippen LogP contribution in [0.1, 0.15) is 25.1 Å². The van der Waals surface area contributed by atoms with Crippen LogP contribution in [0.2, 0.25) is 0 Å². The zero-order valence-corrected chi connectivity index (χ0v) is 10.4. The summed E-state index contributed by atoms with van der Waals surface area (Å²) in [6.45, 7) is 2.19. The third kappa shape index (κ3) is 1.81. The molecule has 0 radical (unpaired) electrons. The smallest absolute Gasteiger partial charge is 0.261 e. The van der Waals surface area contributed by atoms with E-state index in [9.17, 15) is 0 Å². The van der Waals surface area contributed by atoms with Crippen LogP contribution in [0.4, 0.5) is 5.69 Å². The Morgan fingerprint density at radius 2 is 2.22 bits per heavy atom. The van der Waals surface area contributed by atoms with Crippen LogP contribution in [0.25, 0.3) is 11.5 Å². The first kappa shape index (κ1) is 11.1. The van der Waals surface area contributed by atoms with E-state index in [-0.39, 0.29) is 0 Å². The molecule has 1 aromatic heterocycles. The van der Waals surface area contributed by atoms with Crippen molar-refractivity contribution in [2.45, 2.75) is 19.3 Å². The van der Waals surface area contributed by atoms with E-state index in [2.05, 4.69) is 17.1 Å². The number of benzene rings is 1. The lowest BCUT2D eigenvalue weighted by molar-refractivity contribution is 0.402. The summed E-state index contributed by atoms with van der Waals surface area (Å²) in [4.78, 5) is 4.43. The van der Waals surface area contributed by atoms with Gasteiger partial charge in [-0.1, -0.05) is 12.1 Å². The quantitative estimate of drug-likeness (QED) is 0.841. The molecule has 18 heavy (non-hydrogen) atoms. The molecular weight excluding hydrogens is 230 g/mol. The number of hydrogen-bond donors (Lipinski definition) is 1. The minimum absolute atomic E-state index is 0.447. The molecule has 0 amide bonds. The topological polar surface area (TPSA) is 74.2 Å². The number of nitrogens with zero attached hydrogens (tertiary/aromatic N) is 2. The van der Waals surface area contributed by atoms with Crippen LogP contribution in [0.5, 0.6) is 5.75 Å². The van der Waals surface area contributed by atoms with Crippen LogP contribution < -0.4 is 10.5 Å². The van der Waals surface area contributed by atoms with Crippen LogP contribution in [0, 0.1) is 5.92 Å². The van der Waals surface area contributed by atoms with Crippen molar-refractivity contribution in [3.05, 3.63) is 24.0 Å². The summed E-state index contributed by atoms with van der Waals surface area (Å²) in [5.74, 6) is 3.03. The number of anilines is 1. The molecule has 2 aromatic rings. The molecule has 1 aliphatic rings. The predicted molar refractivity (Wildman–Crippen MR) is 67.2 cm³/mol. The van der Waals surface area contributed by atoms with E-state index in [0.717, 1.165) is 17.8 Å². The summed E-state index contributed by atoms with van der Waals surface area (Å²) in [5, 5.41) is 4.03. The van der Waals surface area contributed by atoms with Crippen LogP contribution in [-0.4, -0.2) is 17.3 Å². The standard InChI is InChI=1S/C13H15N3O2/c1-7-5-10(7)12-15-13(18-16-12)9-4-3-8(14)6-11(9)17-2/h3-4,6-7,10H,5,14H2,1-2H3. The first-order chi connectivity index (χ1) is 8.69. The van der Waals surface area contributed by atoms with Crippen molar-refractivity contribution in [2.24, 2.45) is 5.92 Å². The lowest BCUT2D eigenvalue weighted by Gasteiger charge is -2.05. The van der Waals surface area contributed by atoms with Gasteiger partial charge in [-0.25, -0.2) is 0 Å². The van der Waals surface area contributed by atoms with Gasteiger partial charge in [0.1, 0.15) is 5.75 Å². The fourth-order valence-corrected chi connectivity index (χ4v) is 2.06. The van der Waals surface area contributed by atoms with Gasteiger partial charge in [-0.15, -0.1) is 0 Å². The normalized spacial score (nSPS) is 21.9. The van der Waals surface area contributed by atoms with E-state index in [0.29, 0.717) is 29.2 Å². The first-order valence-corrected chi connectivity index (χ1v) is 5.96. The second-order valence-electron chi connectivity index (χ2n) is 4.74. The molecule has 0 saturated heterocycles. The number of nitrogen functional groups attached to an aromatic ring is 1. The molecule has 2 N–H and O–H groups in total. The van der Waals surface area contributed by atoms with Gasteiger partial charge in [0, 0.05) is 17.7 Å². The predicted octanol–water partition coefficient (Wildman–Crippen LogP) is 2.45. The largest absolute Gasteiger partial charge is 0.496 e. The van der Waals surface area contributed by atoms with Crippen molar-refractivity contribution >= 4 is 5.69 Å². The van der Waals surface area contributed by atoms with Gasteiger partial charge in [0.25, 0.3) is 5.89 Å². The van der Waals surface area contributed by atoms with Gasteiger partial charge in [-0.2, -0.15) is 4.98 Å². The van der Waals surface area contributed by atoms with Crippen molar-refractivity contribution < 1.29 is 9.26 Å². The van der Waals surface area contributed by atoms with E-state index < -0.39 is 0 Å². The van der Waals surface area contributed by atoms with Crippen molar-refractivity contribution in [3.8, 4) is 17.2 Å². The SMILES string of the molecule is COc1cc(N)ccc1-c1nc(C2CC2C)no1. The lowest BCUT2D eigenvalue weighted by Crippen LogP contribution is -1.92. The number of methoxy groups -OCH3 is 1. The van der Waals surface area contributed by atoms with Gasteiger partial charge in [-0.3, -0.25) is 0 Å². The van der Waals surface area contributed by atoms with E-state index in [1.165, 1.54) is 0 Å². The summed E-state index contributed by atoms with van der Waals surface area (Å²) >= 11 is 0. The monoisotopic (exact) mass is 245 g/mol. The summed E-state index contributed by atoms with van der Waals surface area (Å²) in [7, 11) is 1.60. The summed E-state index contributed by atoms with van der Waals surface area (Å²) in [5.41, 5.74) is 7.14. The lowest BCUT2D eigenvalue weighted by atomic mass is 10.2. The fraction of sp³-hybridized carbons (Fsp3) is 0.385. The molecule has 1 fully saturated rings. The van der Waals surface area contributed by atoms with Crippen molar-refractivity contribution in [2.75, 3.05) is 12.8 Å². The van der Waals surface area contributed by atoms with Gasteiger partial charge in [0.15, 0.2) is 5.82 Å². The highest BCUT2D eigenvalue weighted by atomic mass is 16.5. The average molecular weight is 245 g/mol. The molecular formula is C13H15N3O2. The molecule has 94 valence electrons. The van der Waals surface area contributed by atoms with Crippen molar-refractivity contribution in [3.63, 3.8) is 0 Å². The van der Waals surface area contributed by atoms with E-state index >= 15 is 0 Å². The Balaban J connectivity index is 1.96. The van der Waals surface area contributed by atoms with Gasteiger partial charge in [0.05, 0.1) is 12.7 Å². The molecule has 2 atom stereocenters. The minimum atomic E-state index is 0.447. The van der Waals surface area contributed by atoms with E-state index in [1.807, 2.05) is 6.07 Å². The minimum Gasteiger partial charge on any atom is -0.496 e. The number of nitrogens with two attached hydrogens (primary N) is 1. The zero-order valence-electron chi connectivity index (χ0n) is 10.4. The van der Waals surface area contributed by atoms with Crippen LogP contribution in [-0.2, 0) is 0 Å². The van der Waals surface area contributed by atoms with Gasteiger partial charge >= 0.3 is 0 Å². The summed E-state index contributed by atoms with van der Waals surface area (Å²) in [6.07, 6.45) is 1.14. The van der Waals surface area contributed by atoms with Gasteiger partial charge < -0.3 is 15.0 Å². The van der Waals surface area contributed by atoms with Crippen molar-refractivity contribution in [1.82, 2.24) is 10.1 Å². The number of ether oxygens (including phenoxy) is 1. The second kappa shape index (κ2) is 4.01. The third-order valence-corrected chi connectivity index (χ3v) is 3.34. The Labute approximate surface area is 105 Å². The van der Waals surface area contributed by atoms with E-state index in [1.54, 1.807) is 19.2 Å². The van der Waals surface area contributed by atoms with Crippen molar-refractivity contribution in [1.29, 1.82) is 0 Å². The maximum absolute atomic E-state index is 5.72. The molecule has 5 heteroatoms. The Morgan fingerprint density at radius 3 is 2.89 bits per heavy atom. The van der Waals surface area contributed by atoms with Crippen LogP contribution in [0.3, 0.4) is 0 Å². The number of aromatic nitrogens is 2. The molecule has 1 aromatic carbocycles. The van der Waals surface area contributed by atoms with Crippen LogP contribution in [0.15, 0.2) is 22.7 Å². The Kier molecular flexibility index (Phi) is 2.47. The molecule has 2 unspecified atom stereocenters. The Hall–Kier alpha value is -2.04. The molecule has 0 bridgehead atoms. The first-order valence-electron chi connectivity index (χ1n) is 5.96. The Morgan fingerprint density at radius 1 is 1.44 bits per heavy atom. The Bertz CT molecular complexity index is 579. The zero-order chi connectivity index (χ0) is 12.7. The molecule has 1 saturated carbocycles. The molecule has 0 aliphatic heterocycles.